The molecular weight excluding hydrogens is 519 g/mol. The first kappa shape index (κ1) is 26.6. The van der Waals surface area contributed by atoms with Crippen LogP contribution in [0, 0.1) is 0 Å². The minimum atomic E-state index is -1.82. The molecule has 0 N–H and O–H groups in total. The van der Waals surface area contributed by atoms with Crippen LogP contribution in [-0.2, 0) is 9.53 Å². The molecule has 0 fully saturated rings. The Morgan fingerprint density at radius 1 is 0.816 bits per heavy atom. The molecule has 0 spiro atoms. The van der Waals surface area contributed by atoms with E-state index in [1.165, 1.54) is 0 Å². The monoisotopic (exact) mass is 550 g/mol. The lowest BCUT2D eigenvalue weighted by Gasteiger charge is -2.14. The number of carbonyl (C=O) groups is 1. The maximum atomic E-state index is 12.4. The molecule has 1 atom stereocenters. The molecule has 5 nitrogen and oxygen atoms in total. The minimum Gasteiger partial charge on any atom is -0.466 e. The van der Waals surface area contributed by atoms with Crippen molar-refractivity contribution in [2.24, 2.45) is 0 Å². The number of alkyl halides is 1. The Bertz CT molecular complexity index is 1500. The van der Waals surface area contributed by atoms with E-state index in [4.69, 9.17) is 29.3 Å². The maximum Gasteiger partial charge on any atom is 0.387 e. The SMILES string of the molecule is CCOC(=O)CC(CCCCCCCl)Op1oc2ccc3ccccc3c2c2c(ccc3ccccc32)o1. The number of esters is 1. The molecule has 0 bridgehead atoms. The van der Waals surface area contributed by atoms with E-state index in [2.05, 4.69) is 36.4 Å². The molecule has 0 saturated heterocycles. The minimum absolute atomic E-state index is 0.157. The summed E-state index contributed by atoms with van der Waals surface area (Å²) in [5, 5.41) is 6.41. The van der Waals surface area contributed by atoms with Gasteiger partial charge in [0.2, 0.25) is 0 Å². The fourth-order valence-electron chi connectivity index (χ4n) is 4.93. The molecule has 0 aliphatic heterocycles. The lowest BCUT2D eigenvalue weighted by Crippen LogP contribution is -2.21. The van der Waals surface area contributed by atoms with Crippen LogP contribution in [0.5, 0.6) is 0 Å². The van der Waals surface area contributed by atoms with Crippen molar-refractivity contribution in [1.82, 2.24) is 0 Å². The van der Waals surface area contributed by atoms with Gasteiger partial charge in [0.15, 0.2) is 0 Å². The second-order valence-electron chi connectivity index (χ2n) is 9.35. The van der Waals surface area contributed by atoms with E-state index in [0.717, 1.165) is 58.0 Å². The number of carbonyl (C=O) groups excluding carboxylic acids is 1. The van der Waals surface area contributed by atoms with Crippen molar-refractivity contribution in [2.45, 2.75) is 51.6 Å². The highest BCUT2D eigenvalue weighted by Crippen LogP contribution is 2.41. The molecule has 0 aliphatic carbocycles. The van der Waals surface area contributed by atoms with Crippen molar-refractivity contribution in [1.29, 1.82) is 0 Å². The molecule has 0 radical (unpaired) electrons. The van der Waals surface area contributed by atoms with Gasteiger partial charge in [-0.2, -0.15) is 0 Å². The number of hydrogen-bond acceptors (Lipinski definition) is 5. The Morgan fingerprint density at radius 2 is 1.39 bits per heavy atom. The zero-order chi connectivity index (χ0) is 26.3. The molecule has 38 heavy (non-hydrogen) atoms. The Labute approximate surface area is 228 Å². The summed E-state index contributed by atoms with van der Waals surface area (Å²) >= 11 is 5.83. The maximum absolute atomic E-state index is 12.4. The largest absolute Gasteiger partial charge is 0.466 e. The Balaban J connectivity index is 1.63. The van der Waals surface area contributed by atoms with E-state index in [1.807, 2.05) is 43.3 Å². The van der Waals surface area contributed by atoms with Gasteiger partial charge in [0, 0.05) is 16.7 Å². The predicted octanol–water partition coefficient (Wildman–Crippen LogP) is 9.54. The second kappa shape index (κ2) is 12.7. The van der Waals surface area contributed by atoms with Crippen molar-refractivity contribution in [3.63, 3.8) is 0 Å². The smallest absolute Gasteiger partial charge is 0.387 e. The van der Waals surface area contributed by atoms with Gasteiger partial charge in [0.1, 0.15) is 11.2 Å². The van der Waals surface area contributed by atoms with Gasteiger partial charge in [-0.25, -0.2) is 0 Å². The average molecular weight is 551 g/mol. The van der Waals surface area contributed by atoms with Crippen molar-refractivity contribution in [3.8, 4) is 0 Å². The van der Waals surface area contributed by atoms with Gasteiger partial charge in [-0.05, 0) is 53.4 Å². The third-order valence-corrected chi connectivity index (χ3v) is 8.15. The summed E-state index contributed by atoms with van der Waals surface area (Å²) in [7, 11) is -1.82. The standard InChI is InChI=1S/C31H32ClO5P/c1-2-34-29(33)21-24(13-5-3-4-10-20-32)35-38-36-27-18-16-22-11-6-8-14-25(22)30(27)31-26-15-9-7-12-23(26)17-19-28(31)37-38/h6-9,11-12,14-19,24H,2-5,10,13,20-21H2,1H3. The topological polar surface area (TPSA) is 61.8 Å². The predicted molar refractivity (Wildman–Crippen MR) is 157 cm³/mol. The molecule has 0 amide bonds. The Morgan fingerprint density at radius 3 is 1.97 bits per heavy atom. The fraction of sp³-hybridized carbons (Fsp3) is 0.323. The molecule has 0 saturated carbocycles. The molecule has 5 aromatic rings. The van der Waals surface area contributed by atoms with Crippen LogP contribution in [0.25, 0.3) is 43.5 Å². The zero-order valence-corrected chi connectivity index (χ0v) is 23.2. The first-order valence-corrected chi connectivity index (χ1v) is 14.9. The highest BCUT2D eigenvalue weighted by Gasteiger charge is 2.20. The number of unbranched alkanes of at least 4 members (excludes halogenated alkanes) is 3. The van der Waals surface area contributed by atoms with E-state index in [9.17, 15) is 4.79 Å². The van der Waals surface area contributed by atoms with Gasteiger partial charge in [-0.3, -0.25) is 9.32 Å². The highest BCUT2D eigenvalue weighted by molar-refractivity contribution is 7.31. The average Bonchev–Trinajstić information content (AvgIpc) is 3.09. The van der Waals surface area contributed by atoms with Crippen LogP contribution in [0.4, 0.5) is 0 Å². The Hall–Kier alpha value is -2.98. The summed E-state index contributed by atoms with van der Waals surface area (Å²) < 4.78 is 24.6. The van der Waals surface area contributed by atoms with E-state index in [1.54, 1.807) is 0 Å². The molecule has 7 heteroatoms. The number of rotatable bonds is 11. The number of hydrogen-bond donors (Lipinski definition) is 0. The van der Waals surface area contributed by atoms with Crippen LogP contribution in [0.2, 0.25) is 0 Å². The molecule has 0 aliphatic rings. The van der Waals surface area contributed by atoms with Crippen molar-refractivity contribution >= 4 is 69.3 Å². The van der Waals surface area contributed by atoms with Crippen LogP contribution >= 0.6 is 19.8 Å². The molecule has 5 rings (SSSR count). The summed E-state index contributed by atoms with van der Waals surface area (Å²) in [4.78, 5) is 12.4. The van der Waals surface area contributed by atoms with Gasteiger partial charge in [0.05, 0.1) is 19.1 Å². The van der Waals surface area contributed by atoms with E-state index >= 15 is 0 Å². The van der Waals surface area contributed by atoms with Crippen LogP contribution in [0.15, 0.2) is 81.2 Å². The lowest BCUT2D eigenvalue weighted by atomic mass is 9.99. The van der Waals surface area contributed by atoms with Gasteiger partial charge >= 0.3 is 14.2 Å². The molecule has 4 aromatic carbocycles. The highest BCUT2D eigenvalue weighted by atomic mass is 35.5. The number of benzene rings is 4. The molecule has 1 unspecified atom stereocenters. The van der Waals surface area contributed by atoms with Crippen LogP contribution in [0.1, 0.15) is 45.4 Å². The van der Waals surface area contributed by atoms with Crippen LogP contribution < -0.4 is 4.52 Å². The van der Waals surface area contributed by atoms with Gasteiger partial charge in [-0.1, -0.05) is 79.9 Å². The molecule has 198 valence electrons. The Kier molecular flexibility index (Phi) is 8.90. The quantitative estimate of drug-likeness (QED) is 0.0930. The number of halogens is 1. The molecular formula is C31H32ClO5P. The lowest BCUT2D eigenvalue weighted by molar-refractivity contribution is -0.144. The van der Waals surface area contributed by atoms with Gasteiger partial charge in [0.25, 0.3) is 0 Å². The number of fused-ring (bicyclic) bond motifs is 7. The third kappa shape index (κ3) is 6.02. The van der Waals surface area contributed by atoms with Gasteiger partial charge in [-0.15, -0.1) is 11.6 Å². The second-order valence-corrected chi connectivity index (χ2v) is 10.8. The number of ether oxygens (including phenoxy) is 1. The summed E-state index contributed by atoms with van der Waals surface area (Å²) in [5.74, 6) is 0.388. The summed E-state index contributed by atoms with van der Waals surface area (Å²) in [6.45, 7) is 2.15. The molecule has 1 heterocycles. The molecule has 1 aromatic heterocycles. The van der Waals surface area contributed by atoms with E-state index < -0.39 is 8.24 Å². The normalized spacial score (nSPS) is 12.4. The fourth-order valence-corrected chi connectivity index (χ4v) is 6.29. The third-order valence-electron chi connectivity index (χ3n) is 6.72. The summed E-state index contributed by atoms with van der Waals surface area (Å²) in [6, 6.07) is 24.7. The van der Waals surface area contributed by atoms with Crippen molar-refractivity contribution in [2.75, 3.05) is 12.5 Å². The van der Waals surface area contributed by atoms with Crippen LogP contribution in [-0.4, -0.2) is 24.6 Å². The first-order valence-electron chi connectivity index (χ1n) is 13.3. The van der Waals surface area contributed by atoms with Gasteiger partial charge < -0.3 is 13.1 Å². The van der Waals surface area contributed by atoms with E-state index in [0.29, 0.717) is 30.1 Å². The first-order chi connectivity index (χ1) is 18.7. The van der Waals surface area contributed by atoms with E-state index in [-0.39, 0.29) is 18.5 Å². The van der Waals surface area contributed by atoms with Crippen molar-refractivity contribution < 1.29 is 22.4 Å². The summed E-state index contributed by atoms with van der Waals surface area (Å²) in [5.41, 5.74) is 1.42. The van der Waals surface area contributed by atoms with Crippen LogP contribution in [0.3, 0.4) is 0 Å². The summed E-state index contributed by atoms with van der Waals surface area (Å²) in [6.07, 6.45) is 4.48. The zero-order valence-electron chi connectivity index (χ0n) is 21.5. The van der Waals surface area contributed by atoms with Crippen molar-refractivity contribution in [3.05, 3.63) is 72.8 Å².